The van der Waals surface area contributed by atoms with Crippen molar-refractivity contribution in [2.45, 2.75) is 46.0 Å². The van der Waals surface area contributed by atoms with Crippen LogP contribution in [0.3, 0.4) is 0 Å². The Morgan fingerprint density at radius 1 is 1.22 bits per heavy atom. The number of aliphatic hydroxyl groups is 1. The maximum absolute atomic E-state index is 9.56. The number of para-hydroxylation sites is 1. The summed E-state index contributed by atoms with van der Waals surface area (Å²) in [6.07, 6.45) is 1.72. The minimum absolute atomic E-state index is 0.327. The van der Waals surface area contributed by atoms with Gasteiger partial charge in [0.2, 0.25) is 0 Å². The summed E-state index contributed by atoms with van der Waals surface area (Å²) in [4.78, 5) is 0. The van der Waals surface area contributed by atoms with E-state index in [2.05, 4.69) is 54.2 Å². The molecule has 0 aliphatic rings. The lowest BCUT2D eigenvalue weighted by Gasteiger charge is -2.13. The van der Waals surface area contributed by atoms with E-state index < -0.39 is 0 Å². The number of aliphatic hydroxyl groups excluding tert-OH is 1. The summed E-state index contributed by atoms with van der Waals surface area (Å²) in [5.41, 5.74) is 2.51. The minimum atomic E-state index is -0.327. The summed E-state index contributed by atoms with van der Waals surface area (Å²) in [6.45, 7) is 7.62. The van der Waals surface area contributed by atoms with E-state index in [9.17, 15) is 5.11 Å². The molecule has 0 bridgehead atoms. The summed E-state index contributed by atoms with van der Waals surface area (Å²) in [6, 6.07) is 8.94. The molecule has 98 valence electrons. The number of hydrogen-bond donors (Lipinski definition) is 2. The van der Waals surface area contributed by atoms with E-state index in [0.717, 1.165) is 6.54 Å². The van der Waals surface area contributed by atoms with Gasteiger partial charge in [-0.05, 0) is 23.9 Å². The van der Waals surface area contributed by atoms with Crippen molar-refractivity contribution in [3.63, 3.8) is 0 Å². The molecule has 0 saturated carbocycles. The summed E-state index contributed by atoms with van der Waals surface area (Å²) in [5, 5.41) is 14.2. The molecular weight excluding hydrogens is 224 g/mol. The lowest BCUT2D eigenvalue weighted by atomic mass is 10.1. The van der Waals surface area contributed by atoms with Crippen molar-refractivity contribution in [2.24, 2.45) is 0 Å². The maximum Gasteiger partial charge on any atom is 0.0691 e. The van der Waals surface area contributed by atoms with Crippen molar-refractivity contribution in [2.75, 3.05) is 0 Å². The molecule has 0 saturated heterocycles. The Kier molecular flexibility index (Phi) is 4.04. The Hall–Kier alpha value is -1.32. The molecule has 0 radical (unpaired) electrons. The Bertz CT molecular complexity index is 514. The smallest absolute Gasteiger partial charge is 0.0691 e. The fourth-order valence-corrected chi connectivity index (χ4v) is 2.23. The van der Waals surface area contributed by atoms with Crippen LogP contribution in [0.1, 0.15) is 26.3 Å². The normalized spacial score (nSPS) is 13.4. The van der Waals surface area contributed by atoms with Crippen molar-refractivity contribution < 1.29 is 5.11 Å². The standard InChI is InChI=1S/C15H22N2O/c1-11(2)16-9-14-6-4-5-13-7-8-17(15(13)14)10-12(3)18/h4-8,11-12,16,18H,9-10H2,1-3H3. The monoisotopic (exact) mass is 246 g/mol. The first-order chi connectivity index (χ1) is 8.58. The number of fused-ring (bicyclic) bond motifs is 1. The minimum Gasteiger partial charge on any atom is -0.392 e. The SMILES string of the molecule is CC(O)Cn1ccc2cccc(CNC(C)C)c21. The molecule has 1 unspecified atom stereocenters. The molecule has 0 amide bonds. The van der Waals surface area contributed by atoms with Gasteiger partial charge < -0.3 is 15.0 Å². The second kappa shape index (κ2) is 5.55. The quantitative estimate of drug-likeness (QED) is 0.850. The largest absolute Gasteiger partial charge is 0.392 e. The highest BCUT2D eigenvalue weighted by atomic mass is 16.3. The van der Waals surface area contributed by atoms with E-state index >= 15 is 0 Å². The van der Waals surface area contributed by atoms with Gasteiger partial charge in [-0.15, -0.1) is 0 Å². The number of nitrogens with zero attached hydrogens (tertiary/aromatic N) is 1. The average Bonchev–Trinajstić information content (AvgIpc) is 2.69. The zero-order valence-corrected chi connectivity index (χ0v) is 11.4. The third-order valence-electron chi connectivity index (χ3n) is 3.03. The maximum atomic E-state index is 9.56. The molecule has 0 spiro atoms. The van der Waals surface area contributed by atoms with Crippen molar-refractivity contribution in [3.05, 3.63) is 36.0 Å². The molecule has 1 aromatic carbocycles. The van der Waals surface area contributed by atoms with Crippen molar-refractivity contribution in [1.82, 2.24) is 9.88 Å². The van der Waals surface area contributed by atoms with Gasteiger partial charge >= 0.3 is 0 Å². The third kappa shape index (κ3) is 2.92. The summed E-state index contributed by atoms with van der Waals surface area (Å²) in [5.74, 6) is 0. The van der Waals surface area contributed by atoms with E-state index in [0.29, 0.717) is 12.6 Å². The summed E-state index contributed by atoms with van der Waals surface area (Å²) >= 11 is 0. The molecule has 1 atom stereocenters. The third-order valence-corrected chi connectivity index (χ3v) is 3.03. The average molecular weight is 246 g/mol. The number of nitrogens with one attached hydrogen (secondary N) is 1. The molecule has 3 nitrogen and oxygen atoms in total. The van der Waals surface area contributed by atoms with Gasteiger partial charge in [0.1, 0.15) is 0 Å². The zero-order valence-electron chi connectivity index (χ0n) is 11.4. The van der Waals surface area contributed by atoms with Crippen LogP contribution >= 0.6 is 0 Å². The topological polar surface area (TPSA) is 37.2 Å². The Morgan fingerprint density at radius 2 is 2.00 bits per heavy atom. The lowest BCUT2D eigenvalue weighted by molar-refractivity contribution is 0.175. The van der Waals surface area contributed by atoms with Crippen LogP contribution in [-0.2, 0) is 13.1 Å². The molecule has 1 heterocycles. The van der Waals surface area contributed by atoms with Gasteiger partial charge in [0.05, 0.1) is 11.6 Å². The van der Waals surface area contributed by atoms with Crippen molar-refractivity contribution in [3.8, 4) is 0 Å². The van der Waals surface area contributed by atoms with E-state index in [1.54, 1.807) is 0 Å². The van der Waals surface area contributed by atoms with Crippen LogP contribution in [0.2, 0.25) is 0 Å². The van der Waals surface area contributed by atoms with E-state index in [1.807, 2.05) is 6.92 Å². The van der Waals surface area contributed by atoms with Gasteiger partial charge in [-0.25, -0.2) is 0 Å². The molecule has 18 heavy (non-hydrogen) atoms. The molecule has 0 fully saturated rings. The number of aromatic nitrogens is 1. The second-order valence-electron chi connectivity index (χ2n) is 5.21. The van der Waals surface area contributed by atoms with E-state index in [-0.39, 0.29) is 6.10 Å². The number of hydrogen-bond acceptors (Lipinski definition) is 2. The molecule has 3 heteroatoms. The predicted octanol–water partition coefficient (Wildman–Crippen LogP) is 2.52. The van der Waals surface area contributed by atoms with Crippen LogP contribution < -0.4 is 5.32 Å². The van der Waals surface area contributed by atoms with Crippen molar-refractivity contribution in [1.29, 1.82) is 0 Å². The van der Waals surface area contributed by atoms with Crippen LogP contribution in [0.25, 0.3) is 10.9 Å². The molecule has 2 N–H and O–H groups in total. The molecule has 2 aromatic rings. The van der Waals surface area contributed by atoms with Gasteiger partial charge in [-0.3, -0.25) is 0 Å². The van der Waals surface area contributed by atoms with Crippen LogP contribution in [0.4, 0.5) is 0 Å². The highest BCUT2D eigenvalue weighted by Crippen LogP contribution is 2.21. The molecular formula is C15H22N2O. The van der Waals surface area contributed by atoms with Gasteiger partial charge in [-0.2, -0.15) is 0 Å². The second-order valence-corrected chi connectivity index (χ2v) is 5.21. The van der Waals surface area contributed by atoms with Gasteiger partial charge in [0.25, 0.3) is 0 Å². The zero-order chi connectivity index (χ0) is 13.1. The molecule has 1 aromatic heterocycles. The van der Waals surface area contributed by atoms with E-state index in [4.69, 9.17) is 0 Å². The van der Waals surface area contributed by atoms with Gasteiger partial charge in [0.15, 0.2) is 0 Å². The molecule has 0 aliphatic heterocycles. The lowest BCUT2D eigenvalue weighted by Crippen LogP contribution is -2.22. The highest BCUT2D eigenvalue weighted by molar-refractivity contribution is 5.83. The fraction of sp³-hybridized carbons (Fsp3) is 0.467. The summed E-state index contributed by atoms with van der Waals surface area (Å²) < 4.78 is 2.14. The highest BCUT2D eigenvalue weighted by Gasteiger charge is 2.08. The van der Waals surface area contributed by atoms with Crippen LogP contribution in [0, 0.1) is 0 Å². The molecule has 0 aliphatic carbocycles. The summed E-state index contributed by atoms with van der Waals surface area (Å²) in [7, 11) is 0. The Labute approximate surface area is 108 Å². The van der Waals surface area contributed by atoms with Crippen LogP contribution in [-0.4, -0.2) is 21.8 Å². The van der Waals surface area contributed by atoms with Gasteiger partial charge in [-0.1, -0.05) is 32.0 Å². The van der Waals surface area contributed by atoms with E-state index in [1.165, 1.54) is 16.5 Å². The number of rotatable bonds is 5. The fourth-order valence-electron chi connectivity index (χ4n) is 2.23. The number of benzene rings is 1. The van der Waals surface area contributed by atoms with Crippen LogP contribution in [0.5, 0.6) is 0 Å². The first-order valence-electron chi connectivity index (χ1n) is 6.56. The Morgan fingerprint density at radius 3 is 2.67 bits per heavy atom. The Balaban J connectivity index is 2.35. The first kappa shape index (κ1) is 13.1. The first-order valence-corrected chi connectivity index (χ1v) is 6.56. The van der Waals surface area contributed by atoms with Gasteiger partial charge in [0, 0.05) is 25.3 Å². The predicted molar refractivity (Wildman–Crippen MR) is 75.6 cm³/mol. The van der Waals surface area contributed by atoms with Crippen molar-refractivity contribution >= 4 is 10.9 Å². The van der Waals surface area contributed by atoms with Crippen LogP contribution in [0.15, 0.2) is 30.5 Å². The molecule has 2 rings (SSSR count).